The van der Waals surface area contributed by atoms with Crippen molar-refractivity contribution >= 4 is 29.0 Å². The van der Waals surface area contributed by atoms with Crippen molar-refractivity contribution in [2.75, 3.05) is 5.32 Å². The highest BCUT2D eigenvalue weighted by Crippen LogP contribution is 2.19. The zero-order chi connectivity index (χ0) is 12.3. The molecule has 0 bridgehead atoms. The van der Waals surface area contributed by atoms with Gasteiger partial charge in [-0.25, -0.2) is 15.0 Å². The molecule has 0 aliphatic rings. The highest BCUT2D eigenvalue weighted by Gasteiger charge is 2.04. The summed E-state index contributed by atoms with van der Waals surface area (Å²) in [4.78, 5) is 16.0. The Morgan fingerprint density at radius 1 is 1.24 bits per heavy atom. The van der Waals surface area contributed by atoms with Gasteiger partial charge < -0.3 is 5.32 Å². The molecule has 2 heterocycles. The fourth-order valence-electron chi connectivity index (χ4n) is 1.25. The molecule has 17 heavy (non-hydrogen) atoms. The second-order valence-electron chi connectivity index (χ2n) is 3.28. The Kier molecular flexibility index (Phi) is 3.71. The van der Waals surface area contributed by atoms with Crippen LogP contribution in [-0.2, 0) is 6.54 Å². The maximum atomic E-state index is 5.91. The lowest BCUT2D eigenvalue weighted by atomic mass is 10.4. The SMILES string of the molecule is Cc1nccc(CNc2nc(Cl)ncc2Cl)n1. The van der Waals surface area contributed by atoms with Crippen molar-refractivity contribution in [1.82, 2.24) is 19.9 Å². The fraction of sp³-hybridized carbons (Fsp3) is 0.200. The van der Waals surface area contributed by atoms with Gasteiger partial charge in [0.1, 0.15) is 16.7 Å². The van der Waals surface area contributed by atoms with E-state index in [1.807, 2.05) is 13.0 Å². The Morgan fingerprint density at radius 2 is 2.06 bits per heavy atom. The van der Waals surface area contributed by atoms with E-state index in [1.54, 1.807) is 6.20 Å². The molecule has 0 aliphatic carbocycles. The van der Waals surface area contributed by atoms with Crippen LogP contribution in [0, 0.1) is 6.92 Å². The first-order chi connectivity index (χ1) is 8.15. The first-order valence-corrected chi connectivity index (χ1v) is 5.61. The Bertz CT molecular complexity index is 532. The van der Waals surface area contributed by atoms with Gasteiger partial charge in [0.15, 0.2) is 0 Å². The van der Waals surface area contributed by atoms with Crippen molar-refractivity contribution in [2.24, 2.45) is 0 Å². The molecule has 88 valence electrons. The second-order valence-corrected chi connectivity index (χ2v) is 4.03. The van der Waals surface area contributed by atoms with E-state index in [4.69, 9.17) is 23.2 Å². The molecule has 0 spiro atoms. The van der Waals surface area contributed by atoms with E-state index < -0.39 is 0 Å². The van der Waals surface area contributed by atoms with Crippen LogP contribution in [0.3, 0.4) is 0 Å². The third-order valence-electron chi connectivity index (χ3n) is 1.99. The van der Waals surface area contributed by atoms with E-state index in [2.05, 4.69) is 25.3 Å². The normalized spacial score (nSPS) is 10.3. The van der Waals surface area contributed by atoms with Crippen LogP contribution in [0.25, 0.3) is 0 Å². The Balaban J connectivity index is 2.09. The maximum absolute atomic E-state index is 5.91. The summed E-state index contributed by atoms with van der Waals surface area (Å²) in [5.74, 6) is 1.21. The van der Waals surface area contributed by atoms with Gasteiger partial charge in [-0.3, -0.25) is 0 Å². The summed E-state index contributed by atoms with van der Waals surface area (Å²) in [6, 6.07) is 1.82. The maximum Gasteiger partial charge on any atom is 0.224 e. The van der Waals surface area contributed by atoms with Crippen LogP contribution >= 0.6 is 23.2 Å². The lowest BCUT2D eigenvalue weighted by Crippen LogP contribution is -2.05. The second kappa shape index (κ2) is 5.25. The van der Waals surface area contributed by atoms with Crippen LogP contribution in [0.5, 0.6) is 0 Å². The third kappa shape index (κ3) is 3.25. The average Bonchev–Trinajstić information content (AvgIpc) is 2.30. The molecule has 0 fully saturated rings. The molecule has 0 atom stereocenters. The molecule has 7 heteroatoms. The van der Waals surface area contributed by atoms with E-state index in [1.165, 1.54) is 6.20 Å². The van der Waals surface area contributed by atoms with E-state index in [-0.39, 0.29) is 5.28 Å². The Hall–Kier alpha value is -1.46. The molecule has 0 saturated heterocycles. The molecule has 2 rings (SSSR count). The molecular weight excluding hydrogens is 261 g/mol. The van der Waals surface area contributed by atoms with Crippen LogP contribution in [0.4, 0.5) is 5.82 Å². The van der Waals surface area contributed by atoms with E-state index in [9.17, 15) is 0 Å². The molecule has 1 N–H and O–H groups in total. The summed E-state index contributed by atoms with van der Waals surface area (Å²) in [5, 5.41) is 3.61. The van der Waals surface area contributed by atoms with Crippen LogP contribution in [0.2, 0.25) is 10.3 Å². The van der Waals surface area contributed by atoms with Gasteiger partial charge in [-0.1, -0.05) is 11.6 Å². The molecule has 0 amide bonds. The summed E-state index contributed by atoms with van der Waals surface area (Å²) in [5.41, 5.74) is 0.850. The van der Waals surface area contributed by atoms with Gasteiger partial charge in [0, 0.05) is 6.20 Å². The first kappa shape index (κ1) is 12.0. The average molecular weight is 270 g/mol. The zero-order valence-electron chi connectivity index (χ0n) is 8.98. The topological polar surface area (TPSA) is 63.6 Å². The summed E-state index contributed by atoms with van der Waals surface area (Å²) in [6.07, 6.45) is 3.15. The highest BCUT2D eigenvalue weighted by atomic mass is 35.5. The van der Waals surface area contributed by atoms with Gasteiger partial charge in [0.2, 0.25) is 5.28 Å². The largest absolute Gasteiger partial charge is 0.363 e. The molecule has 5 nitrogen and oxygen atoms in total. The molecular formula is C10H9Cl2N5. The molecule has 0 radical (unpaired) electrons. The van der Waals surface area contributed by atoms with Crippen molar-refractivity contribution < 1.29 is 0 Å². The van der Waals surface area contributed by atoms with Crippen molar-refractivity contribution in [3.05, 3.63) is 40.3 Å². The van der Waals surface area contributed by atoms with Crippen molar-refractivity contribution in [2.45, 2.75) is 13.5 Å². The van der Waals surface area contributed by atoms with Gasteiger partial charge in [0.25, 0.3) is 0 Å². The molecule has 0 aliphatic heterocycles. The third-order valence-corrected chi connectivity index (χ3v) is 2.44. The predicted molar refractivity (Wildman–Crippen MR) is 66.1 cm³/mol. The van der Waals surface area contributed by atoms with Crippen molar-refractivity contribution in [3.63, 3.8) is 0 Å². The number of aromatic nitrogens is 4. The van der Waals surface area contributed by atoms with Crippen LogP contribution in [-0.4, -0.2) is 19.9 Å². The number of hydrogen-bond acceptors (Lipinski definition) is 5. The number of aryl methyl sites for hydroxylation is 1. The van der Waals surface area contributed by atoms with Crippen LogP contribution < -0.4 is 5.32 Å². The number of anilines is 1. The van der Waals surface area contributed by atoms with Crippen molar-refractivity contribution in [1.29, 1.82) is 0 Å². The number of nitrogens with one attached hydrogen (secondary N) is 1. The summed E-state index contributed by atoms with van der Waals surface area (Å²) < 4.78 is 0. The van der Waals surface area contributed by atoms with E-state index in [0.717, 1.165) is 11.5 Å². The fourth-order valence-corrected chi connectivity index (χ4v) is 1.54. The number of hydrogen-bond donors (Lipinski definition) is 1. The molecule has 0 saturated carbocycles. The van der Waals surface area contributed by atoms with Gasteiger partial charge in [-0.15, -0.1) is 0 Å². The first-order valence-electron chi connectivity index (χ1n) is 4.85. The standard InChI is InChI=1S/C10H9Cl2N5/c1-6-13-3-2-7(16-6)4-14-9-8(11)5-15-10(12)17-9/h2-3,5H,4H2,1H3,(H,14,15,17). The Labute approximate surface area is 108 Å². The van der Waals surface area contributed by atoms with Crippen LogP contribution in [0.1, 0.15) is 11.5 Å². The summed E-state index contributed by atoms with van der Waals surface area (Å²) in [6.45, 7) is 2.33. The van der Waals surface area contributed by atoms with Crippen LogP contribution in [0.15, 0.2) is 18.5 Å². The Morgan fingerprint density at radius 3 is 2.82 bits per heavy atom. The number of halogens is 2. The van der Waals surface area contributed by atoms with E-state index >= 15 is 0 Å². The summed E-state index contributed by atoms with van der Waals surface area (Å²) in [7, 11) is 0. The number of rotatable bonds is 3. The predicted octanol–water partition coefficient (Wildman–Crippen LogP) is 2.49. The molecule has 2 aromatic rings. The minimum Gasteiger partial charge on any atom is -0.363 e. The highest BCUT2D eigenvalue weighted by molar-refractivity contribution is 6.33. The zero-order valence-corrected chi connectivity index (χ0v) is 10.5. The van der Waals surface area contributed by atoms with Gasteiger partial charge in [0.05, 0.1) is 18.4 Å². The van der Waals surface area contributed by atoms with Gasteiger partial charge in [-0.2, -0.15) is 4.98 Å². The molecule has 0 unspecified atom stereocenters. The minimum absolute atomic E-state index is 0.149. The monoisotopic (exact) mass is 269 g/mol. The quantitative estimate of drug-likeness (QED) is 0.868. The lowest BCUT2D eigenvalue weighted by molar-refractivity contribution is 0.948. The minimum atomic E-state index is 0.149. The van der Waals surface area contributed by atoms with Gasteiger partial charge in [-0.05, 0) is 24.6 Å². The summed E-state index contributed by atoms with van der Waals surface area (Å²) >= 11 is 11.6. The lowest BCUT2D eigenvalue weighted by Gasteiger charge is -2.06. The molecule has 2 aromatic heterocycles. The van der Waals surface area contributed by atoms with Crippen molar-refractivity contribution in [3.8, 4) is 0 Å². The molecule has 0 aromatic carbocycles. The van der Waals surface area contributed by atoms with Gasteiger partial charge >= 0.3 is 0 Å². The number of nitrogens with zero attached hydrogens (tertiary/aromatic N) is 4. The van der Waals surface area contributed by atoms with E-state index in [0.29, 0.717) is 17.4 Å². The smallest absolute Gasteiger partial charge is 0.224 e.